The van der Waals surface area contributed by atoms with Gasteiger partial charge in [0.2, 0.25) is 0 Å². The Morgan fingerprint density at radius 2 is 1.40 bits per heavy atom. The van der Waals surface area contributed by atoms with Gasteiger partial charge in [0, 0.05) is 20.1 Å². The Kier molecular flexibility index (Phi) is 8.69. The molecule has 0 unspecified atom stereocenters. The monoisotopic (exact) mass is 275 g/mol. The van der Waals surface area contributed by atoms with Crippen LogP contribution in [0.4, 0.5) is 0 Å². The predicted octanol–water partition coefficient (Wildman–Crippen LogP) is -0.321. The van der Waals surface area contributed by atoms with Crippen molar-refractivity contribution in [1.82, 2.24) is 0 Å². The molecular formula is H2IrO3S. The molecule has 0 amide bonds. The van der Waals surface area contributed by atoms with Crippen molar-refractivity contribution in [1.29, 1.82) is 0 Å². The van der Waals surface area contributed by atoms with Crippen LogP contribution < -0.4 is 0 Å². The van der Waals surface area contributed by atoms with Crippen molar-refractivity contribution in [3.63, 3.8) is 0 Å². The summed E-state index contributed by atoms with van der Waals surface area (Å²) in [5.74, 6) is 0. The molecule has 35 valence electrons. The largest absolute Gasteiger partial charge is 0.299 e. The maximum absolute atomic E-state index is 8.67. The molecule has 0 fully saturated rings. The molecule has 5 heavy (non-hydrogen) atoms. The van der Waals surface area contributed by atoms with Gasteiger partial charge in [-0.3, -0.25) is 9.11 Å². The smallest absolute Gasteiger partial charge is 0.284 e. The summed E-state index contributed by atoms with van der Waals surface area (Å²) in [7, 11) is 0. The first-order valence-electron chi connectivity index (χ1n) is 0.532. The molecule has 0 aliphatic carbocycles. The second-order valence-corrected chi connectivity index (χ2v) is 0.692. The molecule has 1 radical (unpaired) electrons. The van der Waals surface area contributed by atoms with Gasteiger partial charge in [0.1, 0.15) is 0 Å². The van der Waals surface area contributed by atoms with Crippen LogP contribution in [-0.2, 0) is 31.5 Å². The van der Waals surface area contributed by atoms with Gasteiger partial charge in [0.05, 0.1) is 0 Å². The first-order chi connectivity index (χ1) is 1.73. The Morgan fingerprint density at radius 1 is 1.40 bits per heavy atom. The Hall–Kier alpha value is 0.719. The van der Waals surface area contributed by atoms with Crippen LogP contribution in [0.2, 0.25) is 0 Å². The molecule has 0 aromatic carbocycles. The van der Waals surface area contributed by atoms with Crippen molar-refractivity contribution in [2.24, 2.45) is 0 Å². The topological polar surface area (TPSA) is 57.5 Å². The third kappa shape index (κ3) is 67.4. The van der Waals surface area contributed by atoms with E-state index in [9.17, 15) is 0 Å². The summed E-state index contributed by atoms with van der Waals surface area (Å²) < 4.78 is 22.8. The molecule has 0 heterocycles. The van der Waals surface area contributed by atoms with Gasteiger partial charge < -0.3 is 0 Å². The third-order valence-corrected chi connectivity index (χ3v) is 0. The van der Waals surface area contributed by atoms with Crippen LogP contribution in [0.3, 0.4) is 0 Å². The van der Waals surface area contributed by atoms with E-state index in [1.807, 2.05) is 0 Å². The zero-order valence-electron chi connectivity index (χ0n) is 2.04. The van der Waals surface area contributed by atoms with Crippen LogP contribution in [0.1, 0.15) is 0 Å². The molecule has 0 saturated carbocycles. The zero-order valence-corrected chi connectivity index (χ0v) is 5.26. The first-order valence-corrected chi connectivity index (χ1v) is 1.60. The second-order valence-electron chi connectivity index (χ2n) is 0.231. The van der Waals surface area contributed by atoms with Crippen molar-refractivity contribution in [2.45, 2.75) is 0 Å². The number of rotatable bonds is 0. The Balaban J connectivity index is 0. The fraction of sp³-hybridized carbons (Fsp3) is 0. The van der Waals surface area contributed by atoms with Crippen molar-refractivity contribution in [2.75, 3.05) is 0 Å². The minimum atomic E-state index is -2.61. The molecular weight excluding hydrogens is 272 g/mol. The Labute approximate surface area is 45.2 Å². The maximum Gasteiger partial charge on any atom is 0.299 e. The van der Waals surface area contributed by atoms with Gasteiger partial charge in [-0.05, 0) is 0 Å². The van der Waals surface area contributed by atoms with Gasteiger partial charge in [-0.15, -0.1) is 0 Å². The summed E-state index contributed by atoms with van der Waals surface area (Å²) in [6, 6.07) is 0. The summed E-state index contributed by atoms with van der Waals surface area (Å²) in [4.78, 5) is 0. The van der Waals surface area contributed by atoms with E-state index in [0.717, 1.165) is 0 Å². The quantitative estimate of drug-likeness (QED) is 0.595. The molecule has 0 rings (SSSR count). The van der Waals surface area contributed by atoms with E-state index in [2.05, 4.69) is 0 Å². The van der Waals surface area contributed by atoms with Crippen LogP contribution in [0.15, 0.2) is 0 Å². The van der Waals surface area contributed by atoms with E-state index in [0.29, 0.717) is 0 Å². The summed E-state index contributed by atoms with van der Waals surface area (Å²) in [6.07, 6.45) is 0. The van der Waals surface area contributed by atoms with Crippen molar-refractivity contribution >= 4 is 11.4 Å². The average molecular weight is 274 g/mol. The van der Waals surface area contributed by atoms with Crippen LogP contribution in [-0.4, -0.2) is 13.3 Å². The molecule has 5 heteroatoms. The van der Waals surface area contributed by atoms with Crippen LogP contribution in [0.5, 0.6) is 0 Å². The van der Waals surface area contributed by atoms with E-state index >= 15 is 0 Å². The molecule has 3 nitrogen and oxygen atoms in total. The van der Waals surface area contributed by atoms with Crippen molar-refractivity contribution in [3.05, 3.63) is 0 Å². The van der Waals surface area contributed by atoms with Crippen LogP contribution in [0, 0.1) is 0 Å². The second kappa shape index (κ2) is 4.72. The molecule has 0 atom stereocenters. The van der Waals surface area contributed by atoms with Gasteiger partial charge >= 0.3 is 0 Å². The number of hydrogen-bond donors (Lipinski definition) is 2. The molecule has 0 aliphatic rings. The Bertz CT molecular complexity index is 29.9. The van der Waals surface area contributed by atoms with Gasteiger partial charge in [0.25, 0.3) is 11.4 Å². The summed E-state index contributed by atoms with van der Waals surface area (Å²) in [5.41, 5.74) is 0. The average Bonchev–Trinajstić information content (AvgIpc) is 0.811. The van der Waals surface area contributed by atoms with Gasteiger partial charge in [-0.1, -0.05) is 0 Å². The number of hydrogen-bond acceptors (Lipinski definition) is 1. The SMILES string of the molecule is O=S(O)O.[Ir]. The standard InChI is InChI=1S/Ir.H2O3S/c;1-4(2)3/h;(H2,1,2,3). The molecule has 0 saturated heterocycles. The minimum Gasteiger partial charge on any atom is -0.284 e. The summed E-state index contributed by atoms with van der Waals surface area (Å²) >= 11 is -2.61. The van der Waals surface area contributed by atoms with Crippen molar-refractivity contribution in [3.8, 4) is 0 Å². The van der Waals surface area contributed by atoms with Gasteiger partial charge in [-0.25, -0.2) is 0 Å². The fourth-order valence-corrected chi connectivity index (χ4v) is 0. The molecule has 0 aliphatic heterocycles. The fourth-order valence-electron chi connectivity index (χ4n) is 0. The zero-order chi connectivity index (χ0) is 3.58. The summed E-state index contributed by atoms with van der Waals surface area (Å²) in [6.45, 7) is 0. The van der Waals surface area contributed by atoms with E-state index in [1.165, 1.54) is 0 Å². The summed E-state index contributed by atoms with van der Waals surface area (Å²) in [5, 5.41) is 0. The van der Waals surface area contributed by atoms with Gasteiger partial charge in [0.15, 0.2) is 0 Å². The molecule has 2 N–H and O–H groups in total. The first kappa shape index (κ1) is 9.21. The van der Waals surface area contributed by atoms with E-state index in [4.69, 9.17) is 13.3 Å². The predicted molar refractivity (Wildman–Crippen MR) is 13.4 cm³/mol. The normalized spacial score (nSPS) is 7.00. The van der Waals surface area contributed by atoms with Crippen LogP contribution >= 0.6 is 0 Å². The molecule has 0 aromatic rings. The molecule has 0 aromatic heterocycles. The van der Waals surface area contributed by atoms with E-state index in [-0.39, 0.29) is 20.1 Å². The van der Waals surface area contributed by atoms with Gasteiger partial charge in [-0.2, -0.15) is 4.21 Å². The Morgan fingerprint density at radius 3 is 1.40 bits per heavy atom. The molecule has 0 bridgehead atoms. The van der Waals surface area contributed by atoms with E-state index < -0.39 is 11.4 Å². The maximum atomic E-state index is 8.67. The van der Waals surface area contributed by atoms with Crippen LogP contribution in [0.25, 0.3) is 0 Å². The minimum absolute atomic E-state index is 0. The molecule has 0 spiro atoms. The van der Waals surface area contributed by atoms with E-state index in [1.54, 1.807) is 0 Å². The van der Waals surface area contributed by atoms with Crippen molar-refractivity contribution < 1.29 is 33.4 Å². The third-order valence-electron chi connectivity index (χ3n) is 0.